The van der Waals surface area contributed by atoms with Crippen LogP contribution >= 0.6 is 11.6 Å². The number of nitrogens with one attached hydrogen (secondary N) is 1. The van der Waals surface area contributed by atoms with Gasteiger partial charge in [0.2, 0.25) is 5.91 Å². The zero-order valence-electron chi connectivity index (χ0n) is 13.5. The molecule has 1 aromatic rings. The van der Waals surface area contributed by atoms with Crippen LogP contribution in [0.2, 0.25) is 5.02 Å². The molecule has 2 rings (SSSR count). The summed E-state index contributed by atoms with van der Waals surface area (Å²) in [7, 11) is -0.499. The van der Waals surface area contributed by atoms with E-state index >= 15 is 0 Å². The molecule has 6 nitrogen and oxygen atoms in total. The van der Waals surface area contributed by atoms with Gasteiger partial charge in [0.05, 0.1) is 5.92 Å². The Morgan fingerprint density at radius 1 is 1.39 bits per heavy atom. The van der Waals surface area contributed by atoms with Crippen molar-refractivity contribution < 1.29 is 13.2 Å². The van der Waals surface area contributed by atoms with Gasteiger partial charge in [-0.2, -0.15) is 17.0 Å². The molecule has 1 aliphatic heterocycles. The fourth-order valence-electron chi connectivity index (χ4n) is 2.51. The smallest absolute Gasteiger partial charge is 0.281 e. The quantitative estimate of drug-likeness (QED) is 0.895. The summed E-state index contributed by atoms with van der Waals surface area (Å²) in [5.41, 5.74) is 1.56. The van der Waals surface area contributed by atoms with Crippen molar-refractivity contribution in [3.05, 3.63) is 28.8 Å². The number of anilines is 1. The number of benzene rings is 1. The molecule has 0 spiro atoms. The fraction of sp³-hybridized carbons (Fsp3) is 0.533. The van der Waals surface area contributed by atoms with E-state index in [2.05, 4.69) is 5.32 Å². The van der Waals surface area contributed by atoms with Crippen LogP contribution in [0, 0.1) is 12.8 Å². The molecular formula is C15H22ClN3O3S. The molecule has 23 heavy (non-hydrogen) atoms. The lowest BCUT2D eigenvalue weighted by atomic mass is 9.98. The summed E-state index contributed by atoms with van der Waals surface area (Å²) in [6, 6.07) is 5.32. The van der Waals surface area contributed by atoms with E-state index in [4.69, 9.17) is 11.6 Å². The first-order valence-electron chi connectivity index (χ1n) is 7.46. The number of piperidine rings is 1. The molecule has 1 amide bonds. The number of halogens is 1. The predicted molar refractivity (Wildman–Crippen MR) is 91.7 cm³/mol. The number of amides is 1. The Kier molecular flexibility index (Phi) is 5.67. The number of nitrogens with zero attached hydrogens (tertiary/aromatic N) is 2. The SMILES string of the molecule is Cc1ccc(NC(=O)[C@H]2CCCN(S(=O)(=O)N(C)C)C2)cc1Cl. The van der Waals surface area contributed by atoms with Crippen LogP contribution in [0.4, 0.5) is 5.69 Å². The number of aryl methyl sites for hydroxylation is 1. The van der Waals surface area contributed by atoms with E-state index in [9.17, 15) is 13.2 Å². The van der Waals surface area contributed by atoms with Crippen LogP contribution in [0.5, 0.6) is 0 Å². The molecule has 1 N–H and O–H groups in total. The highest BCUT2D eigenvalue weighted by molar-refractivity contribution is 7.86. The average molecular weight is 360 g/mol. The molecule has 0 aliphatic carbocycles. The van der Waals surface area contributed by atoms with Gasteiger partial charge in [-0.15, -0.1) is 0 Å². The van der Waals surface area contributed by atoms with Crippen molar-refractivity contribution in [2.24, 2.45) is 5.92 Å². The van der Waals surface area contributed by atoms with Crippen LogP contribution in [-0.2, 0) is 15.0 Å². The van der Waals surface area contributed by atoms with Crippen LogP contribution in [0.15, 0.2) is 18.2 Å². The monoisotopic (exact) mass is 359 g/mol. The standard InChI is InChI=1S/C15H22ClN3O3S/c1-11-6-7-13(9-14(11)16)17-15(20)12-5-4-8-19(10-12)23(21,22)18(2)3/h6-7,9,12H,4-5,8,10H2,1-3H3,(H,17,20)/t12-/m0/s1. The fourth-order valence-corrected chi connectivity index (χ4v) is 3.88. The molecule has 0 aromatic heterocycles. The summed E-state index contributed by atoms with van der Waals surface area (Å²) in [5.74, 6) is -0.540. The maximum Gasteiger partial charge on any atom is 0.281 e. The molecule has 0 saturated carbocycles. The molecule has 1 atom stereocenters. The molecule has 0 radical (unpaired) electrons. The molecule has 0 unspecified atom stereocenters. The van der Waals surface area contributed by atoms with Crippen molar-refractivity contribution in [1.29, 1.82) is 0 Å². The van der Waals surface area contributed by atoms with Crippen molar-refractivity contribution in [3.63, 3.8) is 0 Å². The number of carbonyl (C=O) groups excluding carboxylic acids is 1. The van der Waals surface area contributed by atoms with Crippen molar-refractivity contribution in [1.82, 2.24) is 8.61 Å². The number of hydrogen-bond acceptors (Lipinski definition) is 3. The lowest BCUT2D eigenvalue weighted by Gasteiger charge is -2.32. The zero-order chi connectivity index (χ0) is 17.2. The number of rotatable bonds is 4. The first-order valence-corrected chi connectivity index (χ1v) is 9.24. The zero-order valence-corrected chi connectivity index (χ0v) is 15.1. The predicted octanol–water partition coefficient (Wildman–Crippen LogP) is 2.11. The molecule has 1 heterocycles. The third-order valence-corrected chi connectivity index (χ3v) is 6.30. The minimum atomic E-state index is -3.49. The van der Waals surface area contributed by atoms with Gasteiger partial charge < -0.3 is 5.32 Å². The van der Waals surface area contributed by atoms with Crippen molar-refractivity contribution in [2.45, 2.75) is 19.8 Å². The van der Waals surface area contributed by atoms with E-state index in [-0.39, 0.29) is 18.4 Å². The second-order valence-corrected chi connectivity index (χ2v) is 8.49. The van der Waals surface area contributed by atoms with E-state index in [1.54, 1.807) is 12.1 Å². The van der Waals surface area contributed by atoms with Crippen molar-refractivity contribution >= 4 is 33.4 Å². The molecule has 128 valence electrons. The summed E-state index contributed by atoms with van der Waals surface area (Å²) in [6.45, 7) is 2.53. The van der Waals surface area contributed by atoms with E-state index < -0.39 is 10.2 Å². The van der Waals surface area contributed by atoms with Gasteiger partial charge in [-0.25, -0.2) is 0 Å². The van der Waals surface area contributed by atoms with Crippen LogP contribution in [0.25, 0.3) is 0 Å². The van der Waals surface area contributed by atoms with Crippen molar-refractivity contribution in [2.75, 3.05) is 32.5 Å². The number of carbonyl (C=O) groups is 1. The second kappa shape index (κ2) is 7.17. The third-order valence-electron chi connectivity index (χ3n) is 3.98. The topological polar surface area (TPSA) is 69.7 Å². The molecule has 0 bridgehead atoms. The van der Waals surface area contributed by atoms with Gasteiger partial charge in [-0.3, -0.25) is 4.79 Å². The summed E-state index contributed by atoms with van der Waals surface area (Å²) < 4.78 is 26.9. The Hall–Kier alpha value is -1.15. The lowest BCUT2D eigenvalue weighted by Crippen LogP contribution is -2.47. The van der Waals surface area contributed by atoms with E-state index in [1.165, 1.54) is 22.7 Å². The minimum Gasteiger partial charge on any atom is -0.326 e. The molecular weight excluding hydrogens is 338 g/mol. The lowest BCUT2D eigenvalue weighted by molar-refractivity contribution is -0.120. The Bertz CT molecular complexity index is 691. The van der Waals surface area contributed by atoms with Crippen LogP contribution in [0.3, 0.4) is 0 Å². The van der Waals surface area contributed by atoms with Gasteiger partial charge in [0.1, 0.15) is 0 Å². The summed E-state index contributed by atoms with van der Waals surface area (Å²) in [4.78, 5) is 12.4. The van der Waals surface area contributed by atoms with Gasteiger partial charge >= 0.3 is 0 Å². The van der Waals surface area contributed by atoms with E-state index in [0.717, 1.165) is 5.56 Å². The van der Waals surface area contributed by atoms with Crippen LogP contribution in [0.1, 0.15) is 18.4 Å². The summed E-state index contributed by atoms with van der Waals surface area (Å²) >= 11 is 6.06. The van der Waals surface area contributed by atoms with Gasteiger partial charge in [0.15, 0.2) is 0 Å². The highest BCUT2D eigenvalue weighted by Gasteiger charge is 2.33. The molecule has 1 aliphatic rings. The van der Waals surface area contributed by atoms with Gasteiger partial charge in [-0.05, 0) is 37.5 Å². The highest BCUT2D eigenvalue weighted by atomic mass is 35.5. The maximum atomic E-state index is 12.4. The van der Waals surface area contributed by atoms with Crippen LogP contribution < -0.4 is 5.32 Å². The Morgan fingerprint density at radius 2 is 2.09 bits per heavy atom. The highest BCUT2D eigenvalue weighted by Crippen LogP contribution is 2.24. The van der Waals surface area contributed by atoms with Gasteiger partial charge in [0, 0.05) is 37.9 Å². The Morgan fingerprint density at radius 3 is 2.70 bits per heavy atom. The van der Waals surface area contributed by atoms with Gasteiger partial charge in [-0.1, -0.05) is 17.7 Å². The summed E-state index contributed by atoms with van der Waals surface area (Å²) in [5, 5.41) is 3.41. The second-order valence-electron chi connectivity index (χ2n) is 5.94. The minimum absolute atomic E-state index is 0.177. The van der Waals surface area contributed by atoms with E-state index in [0.29, 0.717) is 30.1 Å². The third kappa shape index (κ3) is 4.23. The molecule has 8 heteroatoms. The Balaban J connectivity index is 2.06. The maximum absolute atomic E-state index is 12.4. The molecule has 1 saturated heterocycles. The summed E-state index contributed by atoms with van der Waals surface area (Å²) in [6.07, 6.45) is 1.34. The normalized spacial score (nSPS) is 19.8. The van der Waals surface area contributed by atoms with Crippen LogP contribution in [-0.4, -0.2) is 50.1 Å². The first-order chi connectivity index (χ1) is 10.7. The number of hydrogen-bond donors (Lipinski definition) is 1. The average Bonchev–Trinajstić information content (AvgIpc) is 2.51. The van der Waals surface area contributed by atoms with Gasteiger partial charge in [0.25, 0.3) is 10.2 Å². The first kappa shape index (κ1) is 18.2. The van der Waals surface area contributed by atoms with Crippen molar-refractivity contribution in [3.8, 4) is 0 Å². The Labute approximate surface area is 142 Å². The van der Waals surface area contributed by atoms with E-state index in [1.807, 2.05) is 13.0 Å². The molecule has 1 fully saturated rings. The molecule has 1 aromatic carbocycles. The largest absolute Gasteiger partial charge is 0.326 e.